The molecule has 1 fully saturated rings. The van der Waals surface area contributed by atoms with Crippen molar-refractivity contribution < 1.29 is 13.2 Å². The van der Waals surface area contributed by atoms with Crippen molar-refractivity contribution in [3.05, 3.63) is 46.3 Å². The van der Waals surface area contributed by atoms with Crippen LogP contribution in [-0.4, -0.2) is 55.8 Å². The maximum Gasteiger partial charge on any atom is 0.243 e. The van der Waals surface area contributed by atoms with Crippen LogP contribution in [0.2, 0.25) is 0 Å². The summed E-state index contributed by atoms with van der Waals surface area (Å²) in [6, 6.07) is 10.3. The number of sulfonamides is 1. The average Bonchev–Trinajstić information content (AvgIpc) is 2.97. The highest BCUT2D eigenvalue weighted by Crippen LogP contribution is 2.37. The number of carbonyl (C=O) groups is 1. The fraction of sp³-hybridized carbons (Fsp3) is 0.478. The van der Waals surface area contributed by atoms with Crippen LogP contribution in [0.4, 0.5) is 5.00 Å². The third-order valence-corrected chi connectivity index (χ3v) is 9.47. The summed E-state index contributed by atoms with van der Waals surface area (Å²) in [5.74, 6) is -0.155. The molecule has 1 atom stereocenters. The Kier molecular flexibility index (Phi) is 6.96. The second-order valence-electron chi connectivity index (χ2n) is 8.30. The van der Waals surface area contributed by atoms with Crippen molar-refractivity contribution in [3.63, 3.8) is 0 Å². The maximum atomic E-state index is 13.0. The van der Waals surface area contributed by atoms with E-state index in [9.17, 15) is 18.5 Å². The minimum Gasteiger partial charge on any atom is -0.315 e. The highest BCUT2D eigenvalue weighted by atomic mass is 32.2. The fourth-order valence-corrected chi connectivity index (χ4v) is 7.09. The van der Waals surface area contributed by atoms with Crippen molar-refractivity contribution in [2.24, 2.45) is 0 Å². The Hall–Kier alpha value is -2.25. The first-order valence-electron chi connectivity index (χ1n) is 11.1. The number of thiophene rings is 1. The Labute approximate surface area is 193 Å². The van der Waals surface area contributed by atoms with Gasteiger partial charge in [0.25, 0.3) is 0 Å². The second-order valence-corrected chi connectivity index (χ2v) is 11.3. The summed E-state index contributed by atoms with van der Waals surface area (Å²) in [5.41, 5.74) is 1.73. The Morgan fingerprint density at radius 2 is 1.78 bits per heavy atom. The number of rotatable bonds is 5. The van der Waals surface area contributed by atoms with Crippen molar-refractivity contribution >= 4 is 32.3 Å². The highest BCUT2D eigenvalue weighted by Gasteiger charge is 2.32. The Morgan fingerprint density at radius 3 is 2.47 bits per heavy atom. The number of hydrogen-bond acceptors (Lipinski definition) is 6. The Bertz CT molecular complexity index is 1110. The van der Waals surface area contributed by atoms with Gasteiger partial charge in [-0.3, -0.25) is 9.69 Å². The molecule has 2 aliphatic rings. The molecule has 1 aromatic heterocycles. The van der Waals surface area contributed by atoms with E-state index >= 15 is 0 Å². The van der Waals surface area contributed by atoms with E-state index in [1.54, 1.807) is 30.3 Å². The van der Waals surface area contributed by atoms with Gasteiger partial charge in [0.05, 0.1) is 16.5 Å². The molecule has 0 saturated carbocycles. The van der Waals surface area contributed by atoms with Crippen molar-refractivity contribution in [1.82, 2.24) is 9.21 Å². The molecule has 170 valence electrons. The molecule has 2 heterocycles. The number of anilines is 1. The molecular weight excluding hydrogens is 444 g/mol. The predicted molar refractivity (Wildman–Crippen MR) is 125 cm³/mol. The fourth-order valence-electron chi connectivity index (χ4n) is 4.40. The lowest BCUT2D eigenvalue weighted by Crippen LogP contribution is -2.53. The van der Waals surface area contributed by atoms with Gasteiger partial charge in [0.1, 0.15) is 11.1 Å². The highest BCUT2D eigenvalue weighted by molar-refractivity contribution is 7.89. The molecule has 1 aliphatic heterocycles. The van der Waals surface area contributed by atoms with E-state index in [1.165, 1.54) is 26.9 Å². The lowest BCUT2D eigenvalue weighted by molar-refractivity contribution is -0.121. The quantitative estimate of drug-likeness (QED) is 0.675. The van der Waals surface area contributed by atoms with Crippen molar-refractivity contribution in [2.75, 3.05) is 31.5 Å². The summed E-state index contributed by atoms with van der Waals surface area (Å²) in [6.07, 6.45) is 5.25. The van der Waals surface area contributed by atoms with Gasteiger partial charge in [-0.05, 0) is 50.3 Å². The normalized spacial score (nSPS) is 18.9. The molecule has 0 spiro atoms. The van der Waals surface area contributed by atoms with Crippen molar-refractivity contribution in [1.29, 1.82) is 5.26 Å². The monoisotopic (exact) mass is 472 g/mol. The molecule has 0 radical (unpaired) electrons. The number of fused-ring (bicyclic) bond motifs is 1. The molecule has 1 N–H and O–H groups in total. The molecule has 0 bridgehead atoms. The van der Waals surface area contributed by atoms with Crippen LogP contribution in [0.5, 0.6) is 0 Å². The molecular formula is C23H28N4O3S2. The first-order chi connectivity index (χ1) is 15.4. The number of hydrogen-bond donors (Lipinski definition) is 1. The van der Waals surface area contributed by atoms with E-state index in [4.69, 9.17) is 0 Å². The number of nitrogens with one attached hydrogen (secondary N) is 1. The zero-order valence-corrected chi connectivity index (χ0v) is 19.8. The van der Waals surface area contributed by atoms with E-state index in [0.717, 1.165) is 31.2 Å². The van der Waals surface area contributed by atoms with E-state index in [2.05, 4.69) is 11.4 Å². The zero-order valence-electron chi connectivity index (χ0n) is 18.2. The summed E-state index contributed by atoms with van der Waals surface area (Å²) in [6.45, 7) is 3.47. The summed E-state index contributed by atoms with van der Waals surface area (Å²) in [4.78, 5) is 16.5. The van der Waals surface area contributed by atoms with Gasteiger partial charge < -0.3 is 5.32 Å². The van der Waals surface area contributed by atoms with Gasteiger partial charge in [0, 0.05) is 31.1 Å². The molecule has 32 heavy (non-hydrogen) atoms. The van der Waals surface area contributed by atoms with Crippen LogP contribution >= 0.6 is 11.3 Å². The van der Waals surface area contributed by atoms with Gasteiger partial charge in [0.2, 0.25) is 15.9 Å². The van der Waals surface area contributed by atoms with Crippen LogP contribution in [0, 0.1) is 11.3 Å². The smallest absolute Gasteiger partial charge is 0.243 e. The minimum absolute atomic E-state index is 0.155. The Morgan fingerprint density at radius 1 is 1.09 bits per heavy atom. The number of amides is 1. The zero-order chi connectivity index (χ0) is 22.7. The largest absolute Gasteiger partial charge is 0.315 e. The lowest BCUT2D eigenvalue weighted by atomic mass is 10.1. The number of nitrogens with zero attached hydrogens (tertiary/aromatic N) is 3. The van der Waals surface area contributed by atoms with Gasteiger partial charge in [-0.15, -0.1) is 11.3 Å². The SMILES string of the molecule is CC(C(=O)Nc1sc2c(c1C#N)CCCCC2)N1CCN(S(=O)(=O)c2ccccc2)CC1. The summed E-state index contributed by atoms with van der Waals surface area (Å²) in [7, 11) is -3.52. The molecule has 2 aromatic rings. The van der Waals surface area contributed by atoms with Crippen LogP contribution in [0.25, 0.3) is 0 Å². The standard InChI is InChI=1S/C23H28N4O3S2/c1-17(22(28)25-23-20(16-24)19-10-6-3-7-11-21(19)31-23)26-12-14-27(15-13-26)32(29,30)18-8-4-2-5-9-18/h2,4-5,8-9,17H,3,6-7,10-15H2,1H3,(H,25,28). The maximum absolute atomic E-state index is 13.0. The van der Waals surface area contributed by atoms with Gasteiger partial charge in [0.15, 0.2) is 0 Å². The molecule has 1 aromatic carbocycles. The van der Waals surface area contributed by atoms with Crippen molar-refractivity contribution in [2.45, 2.75) is 50.0 Å². The molecule has 4 rings (SSSR count). The van der Waals surface area contributed by atoms with E-state index < -0.39 is 16.1 Å². The number of nitriles is 1. The third-order valence-electron chi connectivity index (χ3n) is 6.35. The molecule has 7 nitrogen and oxygen atoms in total. The predicted octanol–water partition coefficient (Wildman–Crippen LogP) is 3.22. The van der Waals surface area contributed by atoms with Gasteiger partial charge in [-0.2, -0.15) is 9.57 Å². The number of aryl methyl sites for hydroxylation is 1. The van der Waals surface area contributed by atoms with Crippen LogP contribution in [0.3, 0.4) is 0 Å². The summed E-state index contributed by atoms with van der Waals surface area (Å²) in [5, 5.41) is 13.3. The van der Waals surface area contributed by atoms with E-state index in [-0.39, 0.29) is 5.91 Å². The molecule has 1 unspecified atom stereocenters. The Balaban J connectivity index is 1.39. The van der Waals surface area contributed by atoms with Gasteiger partial charge in [-0.1, -0.05) is 24.6 Å². The van der Waals surface area contributed by atoms with Crippen LogP contribution < -0.4 is 5.32 Å². The van der Waals surface area contributed by atoms with Crippen molar-refractivity contribution in [3.8, 4) is 6.07 Å². The van der Waals surface area contributed by atoms with Crippen LogP contribution in [0.1, 0.15) is 42.2 Å². The third kappa shape index (κ3) is 4.59. The second kappa shape index (κ2) is 9.71. The number of piperazine rings is 1. The van der Waals surface area contributed by atoms with E-state index in [0.29, 0.717) is 41.6 Å². The van der Waals surface area contributed by atoms with Gasteiger partial charge >= 0.3 is 0 Å². The lowest BCUT2D eigenvalue weighted by Gasteiger charge is -2.36. The number of carbonyl (C=O) groups excluding carboxylic acids is 1. The molecule has 1 saturated heterocycles. The van der Waals surface area contributed by atoms with Crippen LogP contribution in [0.15, 0.2) is 35.2 Å². The molecule has 1 aliphatic carbocycles. The minimum atomic E-state index is -3.52. The average molecular weight is 473 g/mol. The number of benzene rings is 1. The molecule has 9 heteroatoms. The summed E-state index contributed by atoms with van der Waals surface area (Å²) >= 11 is 1.53. The van der Waals surface area contributed by atoms with Crippen LogP contribution in [-0.2, 0) is 27.7 Å². The topological polar surface area (TPSA) is 93.5 Å². The first-order valence-corrected chi connectivity index (χ1v) is 13.3. The first kappa shape index (κ1) is 22.9. The van der Waals surface area contributed by atoms with Gasteiger partial charge in [-0.25, -0.2) is 8.42 Å². The van der Waals surface area contributed by atoms with E-state index in [1.807, 2.05) is 11.8 Å². The summed E-state index contributed by atoms with van der Waals surface area (Å²) < 4.78 is 27.1. The molecule has 1 amide bonds.